The number of aromatic nitrogens is 2. The summed E-state index contributed by atoms with van der Waals surface area (Å²) < 4.78 is 68.8. The number of nitrogens with zero attached hydrogens (tertiary/aromatic N) is 2. The van der Waals surface area contributed by atoms with Gasteiger partial charge in [-0.1, -0.05) is 11.6 Å². The van der Waals surface area contributed by atoms with Gasteiger partial charge in [-0.3, -0.25) is 9.09 Å². The molecule has 10 nitrogen and oxygen atoms in total. The highest BCUT2D eigenvalue weighted by Crippen LogP contribution is 2.43. The Morgan fingerprint density at radius 1 is 1.03 bits per heavy atom. The molecule has 0 amide bonds. The summed E-state index contributed by atoms with van der Waals surface area (Å²) in [7, 11) is 1.11. The van der Waals surface area contributed by atoms with Crippen LogP contribution in [0.2, 0.25) is 5.02 Å². The van der Waals surface area contributed by atoms with Crippen molar-refractivity contribution in [3.8, 4) is 23.0 Å². The van der Waals surface area contributed by atoms with Gasteiger partial charge in [-0.25, -0.2) is 18.0 Å². The zero-order valence-electron chi connectivity index (χ0n) is 20.8. The van der Waals surface area contributed by atoms with Crippen LogP contribution in [-0.2, 0) is 9.26 Å². The Morgan fingerprint density at radius 3 is 2.00 bits per heavy atom. The zero-order valence-corrected chi connectivity index (χ0v) is 22.5. The minimum Gasteiger partial charge on any atom is -0.497 e. The number of nitrogen functional groups attached to an aromatic ring is 1. The summed E-state index contributed by atoms with van der Waals surface area (Å²) in [5, 5.41) is 0.0672. The van der Waals surface area contributed by atoms with Gasteiger partial charge in [0, 0.05) is 12.6 Å². The second kappa shape index (κ2) is 14.8. The van der Waals surface area contributed by atoms with Gasteiger partial charge in [0.2, 0.25) is 6.93 Å². The number of halogens is 4. The topological polar surface area (TPSA) is 116 Å². The highest BCUT2D eigenvalue weighted by molar-refractivity contribution is 7.42. The molecule has 3 atom stereocenters. The lowest BCUT2D eigenvalue weighted by molar-refractivity contribution is -0.0317. The van der Waals surface area contributed by atoms with Crippen molar-refractivity contribution in [3.05, 3.63) is 70.2 Å². The third-order valence-corrected chi connectivity index (χ3v) is 6.60. The molecule has 2 heterocycles. The lowest BCUT2D eigenvalue weighted by atomic mass is 10.2. The maximum absolute atomic E-state index is 14.8. The largest absolute Gasteiger partial charge is 0.497 e. The van der Waals surface area contributed by atoms with E-state index in [1.54, 1.807) is 62.8 Å². The first-order chi connectivity index (χ1) is 18.8. The fourth-order valence-corrected chi connectivity index (χ4v) is 4.47. The number of ether oxygens (including phenoxy) is 3. The number of benzene rings is 2. The van der Waals surface area contributed by atoms with Crippen molar-refractivity contribution in [1.29, 1.82) is 0 Å². The van der Waals surface area contributed by atoms with Crippen LogP contribution < -0.4 is 29.9 Å². The summed E-state index contributed by atoms with van der Waals surface area (Å²) in [6.45, 7) is -1.94. The Hall–Kier alpha value is -3.25. The number of nitrogens with two attached hydrogens (primary N) is 1. The monoisotopic (exact) mass is 591 g/mol. The Labute approximate surface area is 228 Å². The van der Waals surface area contributed by atoms with E-state index in [1.807, 2.05) is 0 Å². The minimum absolute atomic E-state index is 0.0672. The van der Waals surface area contributed by atoms with E-state index in [9.17, 15) is 18.0 Å². The molecule has 1 aliphatic rings. The van der Waals surface area contributed by atoms with Crippen LogP contribution in [0.3, 0.4) is 0 Å². The molecule has 39 heavy (non-hydrogen) atoms. The quantitative estimate of drug-likeness (QED) is 0.309. The molecule has 3 unspecified atom stereocenters. The van der Waals surface area contributed by atoms with E-state index in [-0.39, 0.29) is 23.9 Å². The predicted octanol–water partition coefficient (Wildman–Crippen LogP) is 5.41. The standard InChI is InChI=1S/C23H24ClFN3O7P.CH2F2/c1-30-14-3-7-16(8-4-14)34-36(35-17-9-5-15(31-2)6-10-17)32-13-20-19(25)11-21(33-20)28-12-18(24)22(26)27-23(28)29;2-1-3/h3-10,12,19-21H,11,13H2,1-2H3,(H2,26,27,29);1H2. The van der Waals surface area contributed by atoms with Gasteiger partial charge >= 0.3 is 14.3 Å². The number of anilines is 1. The third kappa shape index (κ3) is 8.62. The molecule has 0 bridgehead atoms. The molecular weight excluding hydrogens is 566 g/mol. The van der Waals surface area contributed by atoms with E-state index in [2.05, 4.69) is 4.98 Å². The zero-order chi connectivity index (χ0) is 28.4. The lowest BCUT2D eigenvalue weighted by Crippen LogP contribution is -2.28. The summed E-state index contributed by atoms with van der Waals surface area (Å²) in [5.74, 6) is 2.13. The lowest BCUT2D eigenvalue weighted by Gasteiger charge is -2.20. The molecule has 15 heteroatoms. The normalized spacial score (nSPS) is 18.3. The van der Waals surface area contributed by atoms with E-state index in [0.717, 1.165) is 4.57 Å². The molecule has 212 valence electrons. The van der Waals surface area contributed by atoms with E-state index < -0.39 is 39.7 Å². The number of hydrogen-bond acceptors (Lipinski definition) is 9. The molecule has 1 aromatic heterocycles. The van der Waals surface area contributed by atoms with Gasteiger partial charge in [-0.2, -0.15) is 4.98 Å². The smallest absolute Gasteiger partial charge is 0.463 e. The number of rotatable bonds is 10. The Morgan fingerprint density at radius 2 is 1.51 bits per heavy atom. The Balaban J connectivity index is 0.00000134. The second-order valence-electron chi connectivity index (χ2n) is 7.70. The van der Waals surface area contributed by atoms with Crippen LogP contribution >= 0.6 is 20.2 Å². The Bertz CT molecular complexity index is 1190. The van der Waals surface area contributed by atoms with Gasteiger partial charge in [0.1, 0.15) is 47.3 Å². The molecule has 2 N–H and O–H groups in total. The summed E-state index contributed by atoms with van der Waals surface area (Å²) in [5.41, 5.74) is 4.86. The van der Waals surface area contributed by atoms with Crippen LogP contribution in [0.25, 0.3) is 0 Å². The fraction of sp³-hybridized carbons (Fsp3) is 0.333. The second-order valence-corrected chi connectivity index (χ2v) is 9.18. The van der Waals surface area contributed by atoms with Gasteiger partial charge < -0.3 is 29.0 Å². The summed E-state index contributed by atoms with van der Waals surface area (Å²) in [4.78, 5) is 15.8. The fourth-order valence-electron chi connectivity index (χ4n) is 3.32. The van der Waals surface area contributed by atoms with E-state index in [0.29, 0.717) is 23.0 Å². The maximum Gasteiger partial charge on any atom is 0.463 e. The van der Waals surface area contributed by atoms with Gasteiger partial charge in [-0.05, 0) is 48.5 Å². The van der Waals surface area contributed by atoms with Crippen LogP contribution in [0.4, 0.5) is 19.0 Å². The van der Waals surface area contributed by atoms with Gasteiger partial charge in [-0.15, -0.1) is 0 Å². The van der Waals surface area contributed by atoms with Crippen molar-refractivity contribution in [1.82, 2.24) is 9.55 Å². The molecule has 1 saturated heterocycles. The van der Waals surface area contributed by atoms with Crippen LogP contribution in [0.5, 0.6) is 23.0 Å². The molecule has 0 saturated carbocycles. The van der Waals surface area contributed by atoms with E-state index >= 15 is 0 Å². The van der Waals surface area contributed by atoms with Crippen molar-refractivity contribution in [2.24, 2.45) is 0 Å². The molecule has 1 aliphatic heterocycles. The van der Waals surface area contributed by atoms with Crippen LogP contribution in [0, 0.1) is 0 Å². The molecule has 1 fully saturated rings. The molecule has 0 spiro atoms. The molecule has 0 radical (unpaired) electrons. The van der Waals surface area contributed by atoms with Crippen molar-refractivity contribution < 1.29 is 41.0 Å². The predicted molar refractivity (Wildman–Crippen MR) is 139 cm³/mol. The average Bonchev–Trinajstić information content (AvgIpc) is 3.30. The highest BCUT2D eigenvalue weighted by atomic mass is 35.5. The molecule has 2 aromatic carbocycles. The third-order valence-electron chi connectivity index (χ3n) is 5.23. The van der Waals surface area contributed by atoms with Crippen molar-refractivity contribution in [2.75, 3.05) is 33.5 Å². The van der Waals surface area contributed by atoms with Gasteiger partial charge in [0.25, 0.3) is 0 Å². The SMILES string of the molecule is COc1ccc(OP(OCC2OC(n3cc(Cl)c(N)nc3=O)CC2F)Oc2ccc(OC)cc2)cc1.FCF. The van der Waals surface area contributed by atoms with Crippen LogP contribution in [0.15, 0.2) is 59.5 Å². The molecular formula is C24H26ClF3N3O7P. The Kier molecular flexibility index (Phi) is 11.5. The average molecular weight is 592 g/mol. The van der Waals surface area contributed by atoms with Gasteiger partial charge in [0.15, 0.2) is 0 Å². The number of alkyl halides is 3. The summed E-state index contributed by atoms with van der Waals surface area (Å²) in [6, 6.07) is 13.7. The summed E-state index contributed by atoms with van der Waals surface area (Å²) >= 11 is 5.96. The molecule has 4 rings (SSSR count). The first-order valence-electron chi connectivity index (χ1n) is 11.3. The van der Waals surface area contributed by atoms with Crippen molar-refractivity contribution in [2.45, 2.75) is 24.9 Å². The molecule has 3 aromatic rings. The molecule has 0 aliphatic carbocycles. The summed E-state index contributed by atoms with van der Waals surface area (Å²) in [6.07, 6.45) is -2.13. The first kappa shape index (κ1) is 30.3. The first-order valence-corrected chi connectivity index (χ1v) is 12.8. The van der Waals surface area contributed by atoms with Crippen molar-refractivity contribution >= 4 is 26.0 Å². The van der Waals surface area contributed by atoms with Crippen molar-refractivity contribution in [3.63, 3.8) is 0 Å². The number of hydrogen-bond donors (Lipinski definition) is 1. The van der Waals surface area contributed by atoms with Crippen LogP contribution in [-0.4, -0.2) is 49.6 Å². The number of methoxy groups -OCH3 is 2. The van der Waals surface area contributed by atoms with E-state index in [4.69, 9.17) is 45.1 Å². The highest BCUT2D eigenvalue weighted by Gasteiger charge is 2.38. The van der Waals surface area contributed by atoms with Crippen LogP contribution in [0.1, 0.15) is 12.6 Å². The van der Waals surface area contributed by atoms with Gasteiger partial charge in [0.05, 0.1) is 25.8 Å². The van der Waals surface area contributed by atoms with E-state index in [1.165, 1.54) is 6.20 Å². The maximum atomic E-state index is 14.8. The minimum atomic E-state index is -2.01.